The fourth-order valence-electron chi connectivity index (χ4n) is 3.79. The van der Waals surface area contributed by atoms with Crippen molar-refractivity contribution >= 4 is 5.97 Å². The second kappa shape index (κ2) is 3.48. The summed E-state index contributed by atoms with van der Waals surface area (Å²) in [6, 6.07) is 0. The van der Waals surface area contributed by atoms with Crippen LogP contribution < -0.4 is 0 Å². The Morgan fingerprint density at radius 2 is 1.93 bits per heavy atom. The van der Waals surface area contributed by atoms with Crippen LogP contribution in [-0.2, 0) is 9.53 Å². The van der Waals surface area contributed by atoms with Gasteiger partial charge in [-0.15, -0.1) is 0 Å². The molecule has 4 bridgehead atoms. The molecule has 1 aliphatic carbocycles. The van der Waals surface area contributed by atoms with E-state index >= 15 is 0 Å². The Morgan fingerprint density at radius 3 is 2.47 bits per heavy atom. The third-order valence-electron chi connectivity index (χ3n) is 4.26. The Labute approximate surface area is 90.8 Å². The van der Waals surface area contributed by atoms with Crippen LogP contribution in [0.1, 0.15) is 26.2 Å². The van der Waals surface area contributed by atoms with Gasteiger partial charge in [-0.3, -0.25) is 4.79 Å². The maximum absolute atomic E-state index is 11.4. The lowest BCUT2D eigenvalue weighted by Crippen LogP contribution is -2.60. The summed E-state index contributed by atoms with van der Waals surface area (Å²) in [7, 11) is 0. The number of piperidine rings is 3. The van der Waals surface area contributed by atoms with Crippen LogP contribution in [0.25, 0.3) is 0 Å². The molecule has 15 heavy (non-hydrogen) atoms. The van der Waals surface area contributed by atoms with Crippen molar-refractivity contribution in [3.05, 3.63) is 0 Å². The standard InChI is InChI=1S/C12H19NO2/c1-2-11(14)15-12-9-3-8-4-10(12)7-13(5-8)6-9/h8-10,12H,2-7H2,1H3. The molecule has 2 atom stereocenters. The van der Waals surface area contributed by atoms with Gasteiger partial charge in [-0.2, -0.15) is 0 Å². The van der Waals surface area contributed by atoms with Crippen molar-refractivity contribution in [1.82, 2.24) is 4.90 Å². The van der Waals surface area contributed by atoms with Crippen molar-refractivity contribution < 1.29 is 9.53 Å². The summed E-state index contributed by atoms with van der Waals surface area (Å²) < 4.78 is 5.61. The van der Waals surface area contributed by atoms with E-state index in [-0.39, 0.29) is 12.1 Å². The van der Waals surface area contributed by atoms with Crippen molar-refractivity contribution in [3.8, 4) is 0 Å². The molecule has 0 aromatic carbocycles. The van der Waals surface area contributed by atoms with Crippen molar-refractivity contribution in [3.63, 3.8) is 0 Å². The van der Waals surface area contributed by atoms with Gasteiger partial charge in [-0.1, -0.05) is 6.92 Å². The van der Waals surface area contributed by atoms with E-state index in [2.05, 4.69) is 4.90 Å². The molecule has 4 rings (SSSR count). The van der Waals surface area contributed by atoms with E-state index < -0.39 is 0 Å². The quantitative estimate of drug-likeness (QED) is 0.642. The largest absolute Gasteiger partial charge is 0.462 e. The topological polar surface area (TPSA) is 29.5 Å². The van der Waals surface area contributed by atoms with E-state index in [0.29, 0.717) is 18.3 Å². The van der Waals surface area contributed by atoms with Gasteiger partial charge in [0.25, 0.3) is 0 Å². The molecule has 3 aliphatic heterocycles. The summed E-state index contributed by atoms with van der Waals surface area (Å²) in [6.07, 6.45) is 3.33. The van der Waals surface area contributed by atoms with Gasteiger partial charge in [-0.25, -0.2) is 0 Å². The van der Waals surface area contributed by atoms with E-state index in [9.17, 15) is 4.79 Å². The first-order valence-corrected chi connectivity index (χ1v) is 6.18. The predicted molar refractivity (Wildman–Crippen MR) is 56.3 cm³/mol. The predicted octanol–water partition coefficient (Wildman–Crippen LogP) is 1.28. The van der Waals surface area contributed by atoms with E-state index in [1.165, 1.54) is 19.4 Å². The Balaban J connectivity index is 1.72. The number of ether oxygens (including phenoxy) is 1. The van der Waals surface area contributed by atoms with Gasteiger partial charge >= 0.3 is 5.97 Å². The van der Waals surface area contributed by atoms with E-state index in [4.69, 9.17) is 4.74 Å². The molecule has 0 amide bonds. The van der Waals surface area contributed by atoms with E-state index in [1.807, 2.05) is 6.92 Å². The average molecular weight is 209 g/mol. The highest BCUT2D eigenvalue weighted by molar-refractivity contribution is 5.69. The second-order valence-electron chi connectivity index (χ2n) is 5.38. The minimum atomic E-state index is -0.0116. The van der Waals surface area contributed by atoms with Gasteiger partial charge < -0.3 is 9.64 Å². The molecular formula is C12H19NO2. The van der Waals surface area contributed by atoms with Crippen LogP contribution in [0.2, 0.25) is 0 Å². The Hall–Kier alpha value is -0.570. The smallest absolute Gasteiger partial charge is 0.305 e. The summed E-state index contributed by atoms with van der Waals surface area (Å²) >= 11 is 0. The molecule has 0 aromatic heterocycles. The van der Waals surface area contributed by atoms with E-state index in [0.717, 1.165) is 19.0 Å². The van der Waals surface area contributed by atoms with Crippen LogP contribution in [0, 0.1) is 17.8 Å². The van der Waals surface area contributed by atoms with Gasteiger partial charge in [0.15, 0.2) is 0 Å². The number of esters is 1. The van der Waals surface area contributed by atoms with Gasteiger partial charge in [0.1, 0.15) is 6.10 Å². The normalized spacial score (nSPS) is 46.9. The highest BCUT2D eigenvalue weighted by Crippen LogP contribution is 2.44. The van der Waals surface area contributed by atoms with Gasteiger partial charge in [0.05, 0.1) is 0 Å². The van der Waals surface area contributed by atoms with Crippen LogP contribution in [0.5, 0.6) is 0 Å². The summed E-state index contributed by atoms with van der Waals surface area (Å²) in [5.41, 5.74) is 0. The highest BCUT2D eigenvalue weighted by atomic mass is 16.5. The van der Waals surface area contributed by atoms with Crippen LogP contribution in [0.4, 0.5) is 0 Å². The molecule has 4 aliphatic rings. The highest BCUT2D eigenvalue weighted by Gasteiger charge is 2.48. The van der Waals surface area contributed by atoms with Gasteiger partial charge in [0, 0.05) is 37.9 Å². The second-order valence-corrected chi connectivity index (χ2v) is 5.38. The van der Waals surface area contributed by atoms with Gasteiger partial charge in [-0.05, 0) is 18.8 Å². The van der Waals surface area contributed by atoms with Crippen molar-refractivity contribution in [2.75, 3.05) is 19.6 Å². The third-order valence-corrected chi connectivity index (χ3v) is 4.26. The zero-order valence-electron chi connectivity index (χ0n) is 9.32. The lowest BCUT2D eigenvalue weighted by atomic mass is 9.66. The molecule has 3 heterocycles. The molecule has 3 heteroatoms. The fraction of sp³-hybridized carbons (Fsp3) is 0.917. The molecular weight excluding hydrogens is 190 g/mol. The molecule has 84 valence electrons. The first-order valence-electron chi connectivity index (χ1n) is 6.18. The Kier molecular flexibility index (Phi) is 2.23. The molecule has 4 fully saturated rings. The maximum Gasteiger partial charge on any atom is 0.305 e. The van der Waals surface area contributed by atoms with Crippen LogP contribution in [-0.4, -0.2) is 36.6 Å². The fourth-order valence-corrected chi connectivity index (χ4v) is 3.79. The van der Waals surface area contributed by atoms with Crippen molar-refractivity contribution in [2.24, 2.45) is 17.8 Å². The molecule has 0 N–H and O–H groups in total. The molecule has 1 saturated carbocycles. The molecule has 0 spiro atoms. The monoisotopic (exact) mass is 209 g/mol. The van der Waals surface area contributed by atoms with Crippen LogP contribution in [0.3, 0.4) is 0 Å². The summed E-state index contributed by atoms with van der Waals surface area (Å²) in [5.74, 6) is 2.14. The molecule has 0 radical (unpaired) electrons. The number of nitrogens with zero attached hydrogens (tertiary/aromatic N) is 1. The lowest BCUT2D eigenvalue weighted by molar-refractivity contribution is -0.173. The summed E-state index contributed by atoms with van der Waals surface area (Å²) in [4.78, 5) is 13.9. The van der Waals surface area contributed by atoms with E-state index in [1.54, 1.807) is 0 Å². The zero-order valence-corrected chi connectivity index (χ0v) is 9.32. The molecule has 3 saturated heterocycles. The number of carbonyl (C=O) groups excluding carboxylic acids is 1. The molecule has 2 unspecified atom stereocenters. The summed E-state index contributed by atoms with van der Waals surface area (Å²) in [5, 5.41) is 0. The molecule has 0 aromatic rings. The maximum atomic E-state index is 11.4. The first kappa shape index (κ1) is 9.64. The number of carbonyl (C=O) groups is 1. The zero-order chi connectivity index (χ0) is 10.4. The van der Waals surface area contributed by atoms with Crippen LogP contribution >= 0.6 is 0 Å². The van der Waals surface area contributed by atoms with Crippen LogP contribution in [0.15, 0.2) is 0 Å². The Bertz CT molecular complexity index is 249. The molecule has 3 nitrogen and oxygen atoms in total. The minimum Gasteiger partial charge on any atom is -0.462 e. The lowest BCUT2D eigenvalue weighted by Gasteiger charge is -2.55. The summed E-state index contributed by atoms with van der Waals surface area (Å²) in [6.45, 7) is 5.49. The number of rotatable bonds is 2. The van der Waals surface area contributed by atoms with Crippen molar-refractivity contribution in [1.29, 1.82) is 0 Å². The number of hydrogen-bond acceptors (Lipinski definition) is 3. The van der Waals surface area contributed by atoms with Gasteiger partial charge in [0.2, 0.25) is 0 Å². The third kappa shape index (κ3) is 1.57. The SMILES string of the molecule is CCC(=O)OC1C2CC3CC1CN(C3)C2. The average Bonchev–Trinajstić information content (AvgIpc) is 2.22. The number of hydrogen-bond donors (Lipinski definition) is 0. The minimum absolute atomic E-state index is 0.0116. The Morgan fingerprint density at radius 1 is 1.27 bits per heavy atom. The first-order chi connectivity index (χ1) is 7.26. The van der Waals surface area contributed by atoms with Crippen molar-refractivity contribution in [2.45, 2.75) is 32.3 Å².